The van der Waals surface area contributed by atoms with Crippen molar-refractivity contribution in [3.05, 3.63) is 72.8 Å². The summed E-state index contributed by atoms with van der Waals surface area (Å²) >= 11 is 0. The van der Waals surface area contributed by atoms with Crippen molar-refractivity contribution >= 4 is 44.1 Å². The number of piperidine rings is 4. The van der Waals surface area contributed by atoms with Gasteiger partial charge in [-0.1, -0.05) is 48.5 Å². The molecule has 0 N–H and O–H groups in total. The van der Waals surface area contributed by atoms with Crippen LogP contribution in [0.4, 0.5) is 0 Å². The minimum absolute atomic E-state index is 0. The van der Waals surface area contributed by atoms with Gasteiger partial charge in [0.1, 0.15) is 47.4 Å². The first kappa shape index (κ1) is 47.9. The van der Waals surface area contributed by atoms with Crippen LogP contribution in [-0.2, 0) is 19.5 Å². The summed E-state index contributed by atoms with van der Waals surface area (Å²) in [6.07, 6.45) is 7.47. The zero-order chi connectivity index (χ0) is 48.5. The quantitative estimate of drug-likeness (QED) is 0.135. The SMILES string of the molecule is CN1CCC(Oc2cccc3c2-c2nc-3nc3[n-]c(nc4nc(nc5[n-]c(n2)c2cccc(OC6CCN(C)CC6)c52)-c2cccc(OC5CCN(C)CC5)c2-4)c2cccc(OC4CCN(C)CC4)c32)CC1.[Zn+2]. The van der Waals surface area contributed by atoms with Crippen molar-refractivity contribution in [1.29, 1.82) is 0 Å². The van der Waals surface area contributed by atoms with Gasteiger partial charge in [-0.05, 0) is 115 Å². The van der Waals surface area contributed by atoms with Gasteiger partial charge < -0.3 is 68.5 Å². The molecule has 0 unspecified atom stereocenters. The van der Waals surface area contributed by atoms with E-state index in [9.17, 15) is 0 Å². The van der Waals surface area contributed by atoms with E-state index in [1.54, 1.807) is 0 Å². The molecule has 73 heavy (non-hydrogen) atoms. The molecule has 4 saturated heterocycles. The van der Waals surface area contributed by atoms with Gasteiger partial charge in [0, 0.05) is 96.8 Å². The molecule has 6 aliphatic heterocycles. The molecule has 0 amide bonds. The van der Waals surface area contributed by atoms with Gasteiger partial charge in [-0.15, -0.1) is 0 Å². The van der Waals surface area contributed by atoms with Crippen molar-refractivity contribution in [2.75, 3.05) is 80.5 Å². The molecule has 0 saturated carbocycles. The molecule has 0 spiro atoms. The van der Waals surface area contributed by atoms with E-state index in [4.69, 9.17) is 58.8 Å². The van der Waals surface area contributed by atoms with Gasteiger partial charge >= 0.3 is 19.5 Å². The molecule has 13 rings (SSSR count). The molecule has 0 atom stereocenters. The van der Waals surface area contributed by atoms with E-state index in [1.807, 2.05) is 72.8 Å². The van der Waals surface area contributed by atoms with E-state index in [1.165, 1.54) is 0 Å². The number of aromatic nitrogens is 8. The minimum Gasteiger partial charge on any atom is -0.490 e. The molecule has 6 aliphatic rings. The standard InChI is InChI=1S/C56H60N12O4.Zn/c1-65-25-17-33(18-26-65)69-41-13-5-9-37-45(41)53-57-49(37)62-54-47-39(11-7-15-43(47)71-35-21-29-67(3)30-22-35)51(59-54)64-56-48-40(12-8-16-44(48)72-36-23-31-68(4)32-24-36)52(60-56)63-55-46-38(50(58-55)61-53)10-6-14-42(46)70-34-19-27-66(2)28-20-34;/h5-16,33-36H,17-32H2,1-4H3;/q-2;+2. The van der Waals surface area contributed by atoms with Crippen LogP contribution in [0.2, 0.25) is 0 Å². The molecule has 7 aromatic rings. The van der Waals surface area contributed by atoms with E-state index in [2.05, 4.69) is 47.8 Å². The molecule has 0 aliphatic carbocycles. The molecular formula is C56H60N12O4Zn. The van der Waals surface area contributed by atoms with E-state index < -0.39 is 0 Å². The predicted molar refractivity (Wildman–Crippen MR) is 279 cm³/mol. The van der Waals surface area contributed by atoms with Crippen LogP contribution in [0.25, 0.3) is 89.7 Å². The maximum Gasteiger partial charge on any atom is 2.00 e. The Morgan fingerprint density at radius 1 is 0.370 bits per heavy atom. The first-order valence-corrected chi connectivity index (χ1v) is 25.9. The number of fused-ring (bicyclic) bond motifs is 20. The van der Waals surface area contributed by atoms with Crippen LogP contribution in [0.15, 0.2) is 72.8 Å². The first-order chi connectivity index (χ1) is 35.2. The number of benzene rings is 4. The molecule has 370 valence electrons. The number of nitrogens with zero attached hydrogens (tertiary/aromatic N) is 12. The molecular weight excluding hydrogens is 970 g/mol. The number of ether oxygens (including phenoxy) is 4. The Labute approximate surface area is 437 Å². The third-order valence-corrected chi connectivity index (χ3v) is 15.5. The van der Waals surface area contributed by atoms with Crippen molar-refractivity contribution in [3.63, 3.8) is 0 Å². The van der Waals surface area contributed by atoms with E-state index >= 15 is 0 Å². The average Bonchev–Trinajstić information content (AvgIpc) is 4.14. The Bertz CT molecular complexity index is 3150. The molecule has 17 heteroatoms. The summed E-state index contributed by atoms with van der Waals surface area (Å²) in [6, 6.07) is 24.3. The second-order valence-corrected chi connectivity index (χ2v) is 20.7. The van der Waals surface area contributed by atoms with Gasteiger partial charge in [-0.25, -0.2) is 9.97 Å². The fourth-order valence-electron chi connectivity index (χ4n) is 11.2. The summed E-state index contributed by atoms with van der Waals surface area (Å²) < 4.78 is 27.7. The van der Waals surface area contributed by atoms with Gasteiger partial charge in [0.05, 0.1) is 34.4 Å². The Morgan fingerprint density at radius 2 is 0.671 bits per heavy atom. The maximum absolute atomic E-state index is 6.93. The Kier molecular flexibility index (Phi) is 13.1. The van der Waals surface area contributed by atoms with Crippen LogP contribution >= 0.6 is 0 Å². The Morgan fingerprint density at radius 3 is 1.03 bits per heavy atom. The molecule has 3 aromatic heterocycles. The van der Waals surface area contributed by atoms with Crippen LogP contribution in [0, 0.1) is 0 Å². The number of hydrogen-bond acceptors (Lipinski definition) is 14. The predicted octanol–water partition coefficient (Wildman–Crippen LogP) is 8.02. The number of rotatable bonds is 8. The summed E-state index contributed by atoms with van der Waals surface area (Å²) in [5, 5.41) is 3.12. The minimum atomic E-state index is 0. The van der Waals surface area contributed by atoms with Gasteiger partial charge in [-0.3, -0.25) is 0 Å². The van der Waals surface area contributed by atoms with Crippen molar-refractivity contribution < 1.29 is 38.4 Å². The molecule has 4 aromatic carbocycles. The van der Waals surface area contributed by atoms with Gasteiger partial charge in [0.2, 0.25) is 0 Å². The Hall–Kier alpha value is -6.10. The van der Waals surface area contributed by atoms with Crippen molar-refractivity contribution in [2.45, 2.75) is 75.8 Å². The van der Waals surface area contributed by atoms with E-state index in [0.717, 1.165) is 148 Å². The number of likely N-dealkylation sites (tertiary alicyclic amines) is 4. The third-order valence-electron chi connectivity index (χ3n) is 15.5. The largest absolute Gasteiger partial charge is 2.00 e. The van der Waals surface area contributed by atoms with Crippen LogP contribution < -0.4 is 28.9 Å². The second kappa shape index (κ2) is 20.0. The van der Waals surface area contributed by atoms with Crippen LogP contribution in [0.5, 0.6) is 23.0 Å². The molecule has 16 nitrogen and oxygen atoms in total. The van der Waals surface area contributed by atoms with Crippen LogP contribution in [0.1, 0.15) is 51.4 Å². The van der Waals surface area contributed by atoms with Crippen LogP contribution in [-0.4, -0.2) is 154 Å². The molecule has 9 heterocycles. The topological polar surface area (TPSA) is 155 Å². The zero-order valence-corrected chi connectivity index (χ0v) is 45.2. The summed E-state index contributed by atoms with van der Waals surface area (Å²) in [7, 11) is 8.64. The summed E-state index contributed by atoms with van der Waals surface area (Å²) in [6.45, 7) is 7.68. The molecule has 8 bridgehead atoms. The summed E-state index contributed by atoms with van der Waals surface area (Å²) in [4.78, 5) is 52.1. The second-order valence-electron chi connectivity index (χ2n) is 20.7. The maximum atomic E-state index is 6.93. The van der Waals surface area contributed by atoms with E-state index in [0.29, 0.717) is 68.9 Å². The van der Waals surface area contributed by atoms with Gasteiger partial charge in [0.25, 0.3) is 0 Å². The van der Waals surface area contributed by atoms with Gasteiger partial charge in [-0.2, -0.15) is 0 Å². The smallest absolute Gasteiger partial charge is 0.490 e. The van der Waals surface area contributed by atoms with Gasteiger partial charge in [0.15, 0.2) is 0 Å². The third kappa shape index (κ3) is 9.32. The summed E-state index contributed by atoms with van der Waals surface area (Å²) in [5.74, 6) is 4.66. The van der Waals surface area contributed by atoms with E-state index in [-0.39, 0.29) is 43.9 Å². The summed E-state index contributed by atoms with van der Waals surface area (Å²) in [5.41, 5.74) is 4.94. The molecule has 0 radical (unpaired) electrons. The Balaban J connectivity index is 0.00000543. The van der Waals surface area contributed by atoms with Crippen molar-refractivity contribution in [3.8, 4) is 68.5 Å². The zero-order valence-electron chi connectivity index (χ0n) is 42.3. The monoisotopic (exact) mass is 1030 g/mol. The fraction of sp³-hybridized carbons (Fsp3) is 0.429. The van der Waals surface area contributed by atoms with Crippen LogP contribution in [0.3, 0.4) is 0 Å². The molecule has 4 fully saturated rings. The first-order valence-electron chi connectivity index (χ1n) is 25.9. The van der Waals surface area contributed by atoms with Crippen molar-refractivity contribution in [2.24, 2.45) is 0 Å². The fourth-order valence-corrected chi connectivity index (χ4v) is 11.2. The number of hydrogen-bond donors (Lipinski definition) is 0. The van der Waals surface area contributed by atoms with Crippen molar-refractivity contribution in [1.82, 2.24) is 59.5 Å². The normalized spacial score (nSPS) is 18.9. The average molecular weight is 1030 g/mol.